The molecule has 2 aromatic rings. The van der Waals surface area contributed by atoms with Gasteiger partial charge in [-0.1, -0.05) is 11.6 Å². The molecule has 6 heteroatoms. The van der Waals surface area contributed by atoms with Gasteiger partial charge in [0.25, 0.3) is 0 Å². The summed E-state index contributed by atoms with van der Waals surface area (Å²) in [5, 5.41) is 8.48. The molecule has 82 valence electrons. The molecular formula is C10H9ClN4S. The predicted octanol–water partition coefficient (Wildman–Crippen LogP) is 2.58. The predicted molar refractivity (Wildman–Crippen MR) is 67.1 cm³/mol. The molecule has 0 saturated carbocycles. The smallest absolute Gasteiger partial charge is 0.157 e. The molecule has 1 aromatic heterocycles. The number of nitrogens with zero attached hydrogens (tertiary/aromatic N) is 2. The number of rotatable bonds is 1. The van der Waals surface area contributed by atoms with Crippen LogP contribution in [0.3, 0.4) is 0 Å². The molecule has 0 atom stereocenters. The van der Waals surface area contributed by atoms with E-state index in [1.165, 1.54) is 0 Å². The van der Waals surface area contributed by atoms with Crippen LogP contribution in [0.5, 0.6) is 0 Å². The first-order valence-electron chi connectivity index (χ1n) is 4.52. The van der Waals surface area contributed by atoms with Crippen LogP contribution in [0.15, 0.2) is 23.2 Å². The number of hydrogen-bond acceptors (Lipinski definition) is 4. The Kier molecular flexibility index (Phi) is 2.98. The first kappa shape index (κ1) is 11.2. The van der Waals surface area contributed by atoms with Crippen molar-refractivity contribution in [3.63, 3.8) is 0 Å². The second-order valence-corrected chi connectivity index (χ2v) is 4.68. The maximum atomic E-state index is 7.23. The minimum Gasteiger partial charge on any atom is -0.378 e. The molecule has 0 unspecified atom stereocenters. The number of fused-ring (bicyclic) bond motifs is 1. The SMILES string of the molecule is Cc1nc2ccc(Cl)cc2nc1SC(=N)N. The van der Waals surface area contributed by atoms with Crippen molar-refractivity contribution in [2.75, 3.05) is 0 Å². The highest BCUT2D eigenvalue weighted by molar-refractivity contribution is 8.13. The van der Waals surface area contributed by atoms with Gasteiger partial charge in [0.05, 0.1) is 16.7 Å². The molecule has 0 bridgehead atoms. The van der Waals surface area contributed by atoms with E-state index in [9.17, 15) is 0 Å². The summed E-state index contributed by atoms with van der Waals surface area (Å²) in [6, 6.07) is 5.34. The van der Waals surface area contributed by atoms with Crippen molar-refractivity contribution in [3.8, 4) is 0 Å². The second-order valence-electron chi connectivity index (χ2n) is 3.21. The summed E-state index contributed by atoms with van der Waals surface area (Å²) in [6.07, 6.45) is 0. The Balaban J connectivity index is 2.59. The van der Waals surface area contributed by atoms with Gasteiger partial charge in [-0.25, -0.2) is 9.97 Å². The molecule has 0 aliphatic carbocycles. The Bertz CT molecular complexity index is 570. The van der Waals surface area contributed by atoms with Crippen molar-refractivity contribution in [1.29, 1.82) is 5.41 Å². The minimum atomic E-state index is -0.00113. The van der Waals surface area contributed by atoms with Gasteiger partial charge in [0.1, 0.15) is 5.03 Å². The highest BCUT2D eigenvalue weighted by Gasteiger charge is 2.07. The lowest BCUT2D eigenvalue weighted by atomic mass is 10.3. The third-order valence-electron chi connectivity index (χ3n) is 1.96. The lowest BCUT2D eigenvalue weighted by Crippen LogP contribution is -2.05. The Morgan fingerprint density at radius 1 is 1.38 bits per heavy atom. The van der Waals surface area contributed by atoms with E-state index in [0.29, 0.717) is 15.6 Å². The van der Waals surface area contributed by atoms with Crippen LogP contribution in [0.25, 0.3) is 11.0 Å². The van der Waals surface area contributed by atoms with Gasteiger partial charge in [-0.15, -0.1) is 0 Å². The maximum Gasteiger partial charge on any atom is 0.157 e. The molecule has 2 rings (SSSR count). The number of halogens is 1. The zero-order valence-corrected chi connectivity index (χ0v) is 10.1. The maximum absolute atomic E-state index is 7.23. The fourth-order valence-corrected chi connectivity index (χ4v) is 2.01. The largest absolute Gasteiger partial charge is 0.378 e. The van der Waals surface area contributed by atoms with Gasteiger partial charge in [0.2, 0.25) is 0 Å². The van der Waals surface area contributed by atoms with Crippen LogP contribution in [-0.4, -0.2) is 15.1 Å². The quantitative estimate of drug-likeness (QED) is 0.465. The van der Waals surface area contributed by atoms with Crippen LogP contribution in [-0.2, 0) is 0 Å². The molecule has 0 amide bonds. The van der Waals surface area contributed by atoms with E-state index in [0.717, 1.165) is 23.0 Å². The van der Waals surface area contributed by atoms with Crippen LogP contribution >= 0.6 is 23.4 Å². The molecule has 1 heterocycles. The lowest BCUT2D eigenvalue weighted by molar-refractivity contribution is 1.04. The molecule has 0 fully saturated rings. The third kappa shape index (κ3) is 2.25. The van der Waals surface area contributed by atoms with E-state index in [4.69, 9.17) is 22.7 Å². The number of aromatic nitrogens is 2. The molecule has 4 nitrogen and oxygen atoms in total. The van der Waals surface area contributed by atoms with Crippen molar-refractivity contribution in [1.82, 2.24) is 9.97 Å². The van der Waals surface area contributed by atoms with E-state index < -0.39 is 0 Å². The average Bonchev–Trinajstić information content (AvgIpc) is 2.19. The van der Waals surface area contributed by atoms with Gasteiger partial charge in [-0.3, -0.25) is 5.41 Å². The van der Waals surface area contributed by atoms with Gasteiger partial charge >= 0.3 is 0 Å². The van der Waals surface area contributed by atoms with Crippen LogP contribution in [0.2, 0.25) is 5.02 Å². The highest BCUT2D eigenvalue weighted by Crippen LogP contribution is 2.23. The number of benzene rings is 1. The number of thioether (sulfide) groups is 1. The average molecular weight is 253 g/mol. The molecule has 0 radical (unpaired) electrons. The van der Waals surface area contributed by atoms with Gasteiger partial charge in [-0.2, -0.15) is 0 Å². The van der Waals surface area contributed by atoms with E-state index in [1.807, 2.05) is 13.0 Å². The van der Waals surface area contributed by atoms with Crippen LogP contribution in [0, 0.1) is 12.3 Å². The monoisotopic (exact) mass is 252 g/mol. The van der Waals surface area contributed by atoms with Crippen molar-refractivity contribution >= 4 is 39.6 Å². The zero-order valence-electron chi connectivity index (χ0n) is 8.49. The number of nitrogens with two attached hydrogens (primary N) is 1. The van der Waals surface area contributed by atoms with Gasteiger partial charge in [0.15, 0.2) is 5.17 Å². The molecule has 0 saturated heterocycles. The van der Waals surface area contributed by atoms with Crippen LogP contribution < -0.4 is 5.73 Å². The number of amidine groups is 1. The number of aryl methyl sites for hydroxylation is 1. The Hall–Kier alpha value is -1.33. The summed E-state index contributed by atoms with van der Waals surface area (Å²) in [6.45, 7) is 1.84. The van der Waals surface area contributed by atoms with E-state index in [1.54, 1.807) is 12.1 Å². The molecule has 1 aromatic carbocycles. The van der Waals surface area contributed by atoms with Crippen molar-refractivity contribution < 1.29 is 0 Å². The van der Waals surface area contributed by atoms with Crippen molar-refractivity contribution in [2.45, 2.75) is 11.9 Å². The van der Waals surface area contributed by atoms with Gasteiger partial charge < -0.3 is 5.73 Å². The zero-order chi connectivity index (χ0) is 11.7. The summed E-state index contributed by atoms with van der Waals surface area (Å²) in [7, 11) is 0. The van der Waals surface area contributed by atoms with E-state index in [-0.39, 0.29) is 5.17 Å². The van der Waals surface area contributed by atoms with Crippen LogP contribution in [0.4, 0.5) is 0 Å². The van der Waals surface area contributed by atoms with E-state index >= 15 is 0 Å². The summed E-state index contributed by atoms with van der Waals surface area (Å²) in [4.78, 5) is 8.75. The molecule has 3 N–H and O–H groups in total. The fraction of sp³-hybridized carbons (Fsp3) is 0.100. The molecule has 0 aliphatic heterocycles. The lowest BCUT2D eigenvalue weighted by Gasteiger charge is -2.04. The first-order chi connectivity index (χ1) is 7.56. The topological polar surface area (TPSA) is 75.7 Å². The normalized spacial score (nSPS) is 10.6. The summed E-state index contributed by atoms with van der Waals surface area (Å²) in [5.41, 5.74) is 7.58. The van der Waals surface area contributed by atoms with Gasteiger partial charge in [-0.05, 0) is 36.9 Å². The first-order valence-corrected chi connectivity index (χ1v) is 5.71. The van der Waals surface area contributed by atoms with Crippen molar-refractivity contribution in [3.05, 3.63) is 28.9 Å². The molecule has 0 spiro atoms. The standard InChI is InChI=1S/C10H9ClN4S/c1-5-9(16-10(12)13)15-8-4-6(11)2-3-7(8)14-5/h2-4H,1H3,(H3,12,13). The third-order valence-corrected chi connectivity index (χ3v) is 3.00. The van der Waals surface area contributed by atoms with E-state index in [2.05, 4.69) is 9.97 Å². The summed E-state index contributed by atoms with van der Waals surface area (Å²) >= 11 is 6.97. The Morgan fingerprint density at radius 2 is 2.12 bits per heavy atom. The Labute approximate surface area is 102 Å². The summed E-state index contributed by atoms with van der Waals surface area (Å²) < 4.78 is 0. The molecule has 16 heavy (non-hydrogen) atoms. The number of nitrogens with one attached hydrogen (secondary N) is 1. The Morgan fingerprint density at radius 3 is 2.81 bits per heavy atom. The van der Waals surface area contributed by atoms with Crippen molar-refractivity contribution in [2.24, 2.45) is 5.73 Å². The molecular weight excluding hydrogens is 244 g/mol. The number of hydrogen-bond donors (Lipinski definition) is 2. The van der Waals surface area contributed by atoms with Crippen LogP contribution in [0.1, 0.15) is 5.69 Å². The minimum absolute atomic E-state index is 0.00113. The molecule has 0 aliphatic rings. The summed E-state index contributed by atoms with van der Waals surface area (Å²) in [5.74, 6) is 0. The second kappa shape index (κ2) is 4.27. The highest BCUT2D eigenvalue weighted by atomic mass is 35.5. The van der Waals surface area contributed by atoms with Gasteiger partial charge in [0, 0.05) is 5.02 Å². The fourth-order valence-electron chi connectivity index (χ4n) is 1.30.